The van der Waals surface area contributed by atoms with E-state index < -0.39 is 0 Å². The minimum absolute atomic E-state index is 0.259. The smallest absolute Gasteiger partial charge is 0.123 e. The Morgan fingerprint density at radius 3 is 3.08 bits per heavy atom. The normalized spacial score (nSPS) is 24.2. The van der Waals surface area contributed by atoms with Gasteiger partial charge in [-0.25, -0.2) is 4.98 Å². The van der Waals surface area contributed by atoms with E-state index in [4.69, 9.17) is 4.74 Å². The third-order valence-electron chi connectivity index (χ3n) is 1.95. The highest BCUT2D eigenvalue weighted by Gasteiger charge is 2.18. The second-order valence-corrected chi connectivity index (χ2v) is 4.57. The van der Waals surface area contributed by atoms with E-state index in [0.717, 1.165) is 22.6 Å². The zero-order valence-electron chi connectivity index (χ0n) is 6.62. The van der Waals surface area contributed by atoms with Crippen LogP contribution in [-0.4, -0.2) is 11.6 Å². The lowest BCUT2D eigenvalue weighted by Gasteiger charge is -2.20. The van der Waals surface area contributed by atoms with Gasteiger partial charge in [-0.05, 0) is 35.2 Å². The quantitative estimate of drug-likeness (QED) is 0.761. The largest absolute Gasteiger partial charge is 0.371 e. The van der Waals surface area contributed by atoms with Crippen LogP contribution in [-0.2, 0) is 4.74 Å². The van der Waals surface area contributed by atoms with Crippen LogP contribution in [0.5, 0.6) is 0 Å². The molecule has 0 radical (unpaired) electrons. The maximum atomic E-state index is 5.60. The molecule has 1 aliphatic heterocycles. The predicted molar refractivity (Wildman–Crippen MR) is 52.4 cm³/mol. The molecule has 2 heterocycles. The minimum Gasteiger partial charge on any atom is -0.371 e. The first-order valence-electron chi connectivity index (χ1n) is 4.09. The maximum Gasteiger partial charge on any atom is 0.123 e. The summed E-state index contributed by atoms with van der Waals surface area (Å²) in [6, 6.07) is 0. The monoisotopic (exact) mass is 247 g/mol. The van der Waals surface area contributed by atoms with Gasteiger partial charge in [0.05, 0.1) is 0 Å². The summed E-state index contributed by atoms with van der Waals surface area (Å²) in [7, 11) is 0. The zero-order chi connectivity index (χ0) is 8.39. The number of hydrogen-bond donors (Lipinski definition) is 0. The van der Waals surface area contributed by atoms with Crippen LogP contribution >= 0.6 is 27.3 Å². The van der Waals surface area contributed by atoms with Crippen molar-refractivity contribution >= 4 is 27.3 Å². The van der Waals surface area contributed by atoms with Gasteiger partial charge in [0.25, 0.3) is 0 Å². The average molecular weight is 248 g/mol. The van der Waals surface area contributed by atoms with E-state index in [9.17, 15) is 0 Å². The predicted octanol–water partition coefficient (Wildman–Crippen LogP) is 3.15. The molecule has 0 saturated carbocycles. The van der Waals surface area contributed by atoms with Crippen molar-refractivity contribution in [1.82, 2.24) is 4.98 Å². The molecule has 0 aromatic carbocycles. The fourth-order valence-electron chi connectivity index (χ4n) is 1.35. The Morgan fingerprint density at radius 1 is 1.58 bits per heavy atom. The van der Waals surface area contributed by atoms with Crippen molar-refractivity contribution in [2.45, 2.75) is 25.4 Å². The molecule has 2 rings (SSSR count). The molecule has 1 unspecified atom stereocenters. The van der Waals surface area contributed by atoms with Crippen molar-refractivity contribution in [3.8, 4) is 0 Å². The van der Waals surface area contributed by atoms with Crippen molar-refractivity contribution in [3.05, 3.63) is 15.0 Å². The number of nitrogens with zero attached hydrogens (tertiary/aromatic N) is 1. The first-order chi connectivity index (χ1) is 5.86. The Labute approximate surface area is 84.1 Å². The molecule has 1 aromatic rings. The zero-order valence-corrected chi connectivity index (χ0v) is 9.03. The summed E-state index contributed by atoms with van der Waals surface area (Å²) in [6.07, 6.45) is 3.85. The highest BCUT2D eigenvalue weighted by atomic mass is 79.9. The van der Waals surface area contributed by atoms with Gasteiger partial charge in [0, 0.05) is 12.0 Å². The molecular formula is C8H10BrNOS. The molecule has 2 nitrogen and oxygen atoms in total. The molecule has 12 heavy (non-hydrogen) atoms. The Balaban J connectivity index is 2.08. The molecule has 1 atom stereocenters. The molecule has 1 saturated heterocycles. The fourth-order valence-corrected chi connectivity index (χ4v) is 2.70. The summed E-state index contributed by atoms with van der Waals surface area (Å²) >= 11 is 5.02. The molecule has 66 valence electrons. The maximum absolute atomic E-state index is 5.60. The Morgan fingerprint density at radius 2 is 2.50 bits per heavy atom. The van der Waals surface area contributed by atoms with Crippen molar-refractivity contribution in [2.75, 3.05) is 6.61 Å². The summed E-state index contributed by atoms with van der Waals surface area (Å²) in [6.45, 7) is 0.891. The van der Waals surface area contributed by atoms with Gasteiger partial charge in [-0.3, -0.25) is 0 Å². The highest BCUT2D eigenvalue weighted by Crippen LogP contribution is 2.30. The number of aromatic nitrogens is 1. The topological polar surface area (TPSA) is 22.1 Å². The summed E-state index contributed by atoms with van der Waals surface area (Å²) in [5, 5.41) is 3.12. The number of ether oxygens (including phenoxy) is 1. The molecule has 0 spiro atoms. The molecule has 0 bridgehead atoms. The van der Waals surface area contributed by atoms with Crippen LogP contribution in [0.25, 0.3) is 0 Å². The molecule has 1 aliphatic rings. The van der Waals surface area contributed by atoms with Gasteiger partial charge in [-0.1, -0.05) is 0 Å². The van der Waals surface area contributed by atoms with E-state index in [0.29, 0.717) is 0 Å². The van der Waals surface area contributed by atoms with Crippen molar-refractivity contribution in [3.63, 3.8) is 0 Å². The number of rotatable bonds is 1. The molecule has 1 fully saturated rings. The van der Waals surface area contributed by atoms with E-state index >= 15 is 0 Å². The number of thiazole rings is 1. The molecule has 0 amide bonds. The Hall–Kier alpha value is 0.0700. The Bertz CT molecular complexity index is 257. The van der Waals surface area contributed by atoms with Crippen molar-refractivity contribution < 1.29 is 4.74 Å². The highest BCUT2D eigenvalue weighted by molar-refractivity contribution is 9.10. The summed E-state index contributed by atoms with van der Waals surface area (Å²) in [5.41, 5.74) is 0. The van der Waals surface area contributed by atoms with E-state index in [1.165, 1.54) is 12.8 Å². The summed E-state index contributed by atoms with van der Waals surface area (Å²) in [5.74, 6) is 0. The molecule has 4 heteroatoms. The van der Waals surface area contributed by atoms with Gasteiger partial charge in [-0.15, -0.1) is 11.3 Å². The van der Waals surface area contributed by atoms with Crippen LogP contribution in [0.4, 0.5) is 0 Å². The van der Waals surface area contributed by atoms with Gasteiger partial charge in [0.15, 0.2) is 0 Å². The SMILES string of the molecule is Brc1csc(C2CCCCO2)n1. The van der Waals surface area contributed by atoms with E-state index in [-0.39, 0.29) is 6.10 Å². The standard InChI is InChI=1S/C8H10BrNOS/c9-7-5-12-8(10-7)6-3-1-2-4-11-6/h5-6H,1-4H2. The third-order valence-corrected chi connectivity index (χ3v) is 3.60. The molecular weight excluding hydrogens is 238 g/mol. The van der Waals surface area contributed by atoms with Gasteiger partial charge >= 0.3 is 0 Å². The minimum atomic E-state index is 0.259. The first kappa shape index (κ1) is 8.66. The van der Waals surface area contributed by atoms with Gasteiger partial charge in [0.1, 0.15) is 15.7 Å². The van der Waals surface area contributed by atoms with Crippen molar-refractivity contribution in [1.29, 1.82) is 0 Å². The lowest BCUT2D eigenvalue weighted by atomic mass is 10.1. The van der Waals surface area contributed by atoms with Crippen LogP contribution in [0.1, 0.15) is 30.4 Å². The summed E-state index contributed by atoms with van der Waals surface area (Å²) in [4.78, 5) is 4.34. The first-order valence-corrected chi connectivity index (χ1v) is 5.76. The lowest BCUT2D eigenvalue weighted by Crippen LogP contribution is -2.10. The number of halogens is 1. The molecule has 0 N–H and O–H groups in total. The van der Waals surface area contributed by atoms with Gasteiger partial charge < -0.3 is 4.74 Å². The van der Waals surface area contributed by atoms with Crippen LogP contribution in [0.2, 0.25) is 0 Å². The summed E-state index contributed by atoms with van der Waals surface area (Å²) < 4.78 is 6.53. The van der Waals surface area contributed by atoms with Crippen molar-refractivity contribution in [2.24, 2.45) is 0 Å². The van der Waals surface area contributed by atoms with Gasteiger partial charge in [-0.2, -0.15) is 0 Å². The van der Waals surface area contributed by atoms with Crippen LogP contribution < -0.4 is 0 Å². The van der Waals surface area contributed by atoms with Gasteiger partial charge in [0.2, 0.25) is 0 Å². The molecule has 1 aromatic heterocycles. The van der Waals surface area contributed by atoms with Crippen LogP contribution in [0.15, 0.2) is 9.98 Å². The van der Waals surface area contributed by atoms with E-state index in [1.807, 2.05) is 5.38 Å². The number of hydrogen-bond acceptors (Lipinski definition) is 3. The second kappa shape index (κ2) is 3.85. The van der Waals surface area contributed by atoms with E-state index in [2.05, 4.69) is 20.9 Å². The van der Waals surface area contributed by atoms with E-state index in [1.54, 1.807) is 11.3 Å². The third kappa shape index (κ3) is 1.87. The fraction of sp³-hybridized carbons (Fsp3) is 0.625. The second-order valence-electron chi connectivity index (χ2n) is 2.86. The average Bonchev–Trinajstić information content (AvgIpc) is 2.54. The van der Waals surface area contributed by atoms with Crippen LogP contribution in [0, 0.1) is 0 Å². The lowest BCUT2D eigenvalue weighted by molar-refractivity contribution is 0.0147. The van der Waals surface area contributed by atoms with Crippen LogP contribution in [0.3, 0.4) is 0 Å². The molecule has 0 aliphatic carbocycles. The Kier molecular flexibility index (Phi) is 2.78.